The molecule has 0 aliphatic heterocycles. The highest BCUT2D eigenvalue weighted by Crippen LogP contribution is 2.24. The molecule has 2 aromatic rings. The number of ether oxygens (including phenoxy) is 1. The minimum atomic E-state index is -3.80. The average molecular weight is 496 g/mol. The topological polar surface area (TPSA) is 96.0 Å². The predicted molar refractivity (Wildman–Crippen MR) is 130 cm³/mol. The number of rotatable bonds is 11. The standard InChI is InChI=1S/C23H30ClN3O5S/c1-5-21(23(29)25-6-2)26(15-17-10-12-18(24)13-11-17)22(28)16-27(33(4,30)31)19-8-7-9-20(14-19)32-3/h7-14,21H,5-6,15-16H2,1-4H3,(H,25,29)/t21-/m0/s1. The fourth-order valence-corrected chi connectivity index (χ4v) is 4.34. The zero-order chi connectivity index (χ0) is 24.6. The molecular formula is C23H30ClN3O5S. The maximum Gasteiger partial charge on any atom is 0.244 e. The SMILES string of the molecule is CCNC(=O)[C@H](CC)N(Cc1ccc(Cl)cc1)C(=O)CN(c1cccc(OC)c1)S(C)(=O)=O. The maximum absolute atomic E-state index is 13.5. The van der Waals surface area contributed by atoms with E-state index in [0.717, 1.165) is 16.1 Å². The monoisotopic (exact) mass is 495 g/mol. The lowest BCUT2D eigenvalue weighted by Gasteiger charge is -2.32. The van der Waals surface area contributed by atoms with Crippen molar-refractivity contribution < 1.29 is 22.7 Å². The van der Waals surface area contributed by atoms with Gasteiger partial charge in [-0.15, -0.1) is 0 Å². The number of halogens is 1. The molecule has 2 aromatic carbocycles. The summed E-state index contributed by atoms with van der Waals surface area (Å²) in [6.07, 6.45) is 1.40. The smallest absolute Gasteiger partial charge is 0.244 e. The van der Waals surface area contributed by atoms with Crippen LogP contribution in [0.5, 0.6) is 5.75 Å². The number of hydrogen-bond acceptors (Lipinski definition) is 5. The normalized spacial score (nSPS) is 12.0. The number of likely N-dealkylation sites (N-methyl/N-ethyl adjacent to an activating group) is 1. The molecule has 0 saturated carbocycles. The van der Waals surface area contributed by atoms with E-state index in [9.17, 15) is 18.0 Å². The molecule has 0 radical (unpaired) electrons. The molecule has 180 valence electrons. The van der Waals surface area contributed by atoms with Crippen LogP contribution in [-0.2, 0) is 26.2 Å². The Morgan fingerprint density at radius 1 is 1.12 bits per heavy atom. The van der Waals surface area contributed by atoms with Gasteiger partial charge in [0, 0.05) is 24.2 Å². The molecule has 0 aromatic heterocycles. The second-order valence-corrected chi connectivity index (χ2v) is 9.78. The van der Waals surface area contributed by atoms with Crippen LogP contribution in [0.3, 0.4) is 0 Å². The number of carbonyl (C=O) groups excluding carboxylic acids is 2. The number of anilines is 1. The van der Waals surface area contributed by atoms with Crippen molar-refractivity contribution in [1.29, 1.82) is 0 Å². The van der Waals surface area contributed by atoms with Gasteiger partial charge in [0.2, 0.25) is 21.8 Å². The highest BCUT2D eigenvalue weighted by Gasteiger charge is 2.31. The first-order valence-corrected chi connectivity index (χ1v) is 12.8. The predicted octanol–water partition coefficient (Wildman–Crippen LogP) is 3.06. The Morgan fingerprint density at radius 2 is 1.79 bits per heavy atom. The van der Waals surface area contributed by atoms with E-state index < -0.39 is 28.5 Å². The van der Waals surface area contributed by atoms with Crippen molar-refractivity contribution in [1.82, 2.24) is 10.2 Å². The first-order valence-electron chi connectivity index (χ1n) is 10.5. The number of nitrogens with zero attached hydrogens (tertiary/aromatic N) is 2. The molecular weight excluding hydrogens is 466 g/mol. The number of carbonyl (C=O) groups is 2. The quantitative estimate of drug-likeness (QED) is 0.517. The van der Waals surface area contributed by atoms with Gasteiger partial charge in [0.15, 0.2) is 0 Å². The van der Waals surface area contributed by atoms with Crippen LogP contribution in [0.25, 0.3) is 0 Å². The van der Waals surface area contributed by atoms with E-state index in [1.165, 1.54) is 12.0 Å². The Hall–Kier alpha value is -2.78. The molecule has 0 aliphatic carbocycles. The second-order valence-electron chi connectivity index (χ2n) is 7.44. The lowest BCUT2D eigenvalue weighted by Crippen LogP contribution is -2.52. The minimum Gasteiger partial charge on any atom is -0.497 e. The van der Waals surface area contributed by atoms with E-state index in [1.807, 2.05) is 0 Å². The first-order chi connectivity index (χ1) is 15.6. The number of amides is 2. The molecule has 8 nitrogen and oxygen atoms in total. The number of benzene rings is 2. The third kappa shape index (κ3) is 7.36. The van der Waals surface area contributed by atoms with Gasteiger partial charge in [-0.2, -0.15) is 0 Å². The van der Waals surface area contributed by atoms with Crippen LogP contribution in [0.4, 0.5) is 5.69 Å². The Labute approximate surface area is 200 Å². The second kappa shape index (κ2) is 11.9. The molecule has 0 heterocycles. The summed E-state index contributed by atoms with van der Waals surface area (Å²) in [5.41, 5.74) is 1.06. The van der Waals surface area contributed by atoms with Gasteiger partial charge < -0.3 is 15.0 Å². The van der Waals surface area contributed by atoms with Crippen molar-refractivity contribution in [3.05, 3.63) is 59.1 Å². The van der Waals surface area contributed by atoms with Crippen LogP contribution < -0.4 is 14.4 Å². The third-order valence-corrected chi connectivity index (χ3v) is 6.42. The average Bonchev–Trinajstić information content (AvgIpc) is 2.78. The fraction of sp³-hybridized carbons (Fsp3) is 0.391. The molecule has 0 spiro atoms. The van der Waals surface area contributed by atoms with Gasteiger partial charge in [-0.05, 0) is 43.2 Å². The van der Waals surface area contributed by atoms with E-state index in [0.29, 0.717) is 29.4 Å². The van der Waals surface area contributed by atoms with Crippen molar-refractivity contribution in [2.45, 2.75) is 32.9 Å². The lowest BCUT2D eigenvalue weighted by molar-refractivity contribution is -0.140. The van der Waals surface area contributed by atoms with Crippen LogP contribution >= 0.6 is 11.6 Å². The van der Waals surface area contributed by atoms with E-state index >= 15 is 0 Å². The van der Waals surface area contributed by atoms with Crippen molar-refractivity contribution >= 4 is 39.1 Å². The third-order valence-electron chi connectivity index (χ3n) is 5.02. The first kappa shape index (κ1) is 26.5. The zero-order valence-corrected chi connectivity index (χ0v) is 20.8. The number of nitrogens with one attached hydrogen (secondary N) is 1. The van der Waals surface area contributed by atoms with Gasteiger partial charge in [-0.3, -0.25) is 13.9 Å². The minimum absolute atomic E-state index is 0.126. The van der Waals surface area contributed by atoms with Gasteiger partial charge in [0.1, 0.15) is 18.3 Å². The summed E-state index contributed by atoms with van der Waals surface area (Å²) in [5.74, 6) is -0.341. The highest BCUT2D eigenvalue weighted by molar-refractivity contribution is 7.92. The molecule has 0 unspecified atom stereocenters. The summed E-state index contributed by atoms with van der Waals surface area (Å²) in [6.45, 7) is 3.68. The Balaban J connectivity index is 2.43. The largest absolute Gasteiger partial charge is 0.497 e. The van der Waals surface area contributed by atoms with Crippen LogP contribution in [0, 0.1) is 0 Å². The number of hydrogen-bond donors (Lipinski definition) is 1. The summed E-state index contributed by atoms with van der Waals surface area (Å²) in [7, 11) is -2.33. The van der Waals surface area contributed by atoms with Crippen molar-refractivity contribution in [3.63, 3.8) is 0 Å². The summed E-state index contributed by atoms with van der Waals surface area (Å²) >= 11 is 5.98. The molecule has 0 fully saturated rings. The molecule has 33 heavy (non-hydrogen) atoms. The molecule has 1 atom stereocenters. The van der Waals surface area contributed by atoms with Gasteiger partial charge in [-0.25, -0.2) is 8.42 Å². The highest BCUT2D eigenvalue weighted by atomic mass is 35.5. The molecule has 10 heteroatoms. The fourth-order valence-electron chi connectivity index (χ4n) is 3.38. The zero-order valence-electron chi connectivity index (χ0n) is 19.2. The Bertz CT molecular complexity index is 1060. The summed E-state index contributed by atoms with van der Waals surface area (Å²) in [5, 5.41) is 3.30. The Kier molecular flexibility index (Phi) is 9.55. The van der Waals surface area contributed by atoms with Crippen LogP contribution in [0.15, 0.2) is 48.5 Å². The molecule has 1 N–H and O–H groups in total. The molecule has 0 aliphatic rings. The van der Waals surface area contributed by atoms with E-state index in [-0.39, 0.29) is 12.5 Å². The summed E-state index contributed by atoms with van der Waals surface area (Å²) in [6, 6.07) is 12.6. The van der Waals surface area contributed by atoms with Crippen molar-refractivity contribution in [2.75, 3.05) is 30.8 Å². The summed E-state index contributed by atoms with van der Waals surface area (Å²) < 4.78 is 31.4. The van der Waals surface area contributed by atoms with Gasteiger partial charge in [-0.1, -0.05) is 36.7 Å². The molecule has 2 amide bonds. The number of sulfonamides is 1. The lowest BCUT2D eigenvalue weighted by atomic mass is 10.1. The molecule has 0 bridgehead atoms. The van der Waals surface area contributed by atoms with Crippen LogP contribution in [0.1, 0.15) is 25.8 Å². The van der Waals surface area contributed by atoms with E-state index in [1.54, 1.807) is 62.4 Å². The molecule has 0 saturated heterocycles. The number of methoxy groups -OCH3 is 1. The molecule has 2 rings (SSSR count). The van der Waals surface area contributed by atoms with Gasteiger partial charge in [0.05, 0.1) is 19.1 Å². The van der Waals surface area contributed by atoms with Crippen molar-refractivity contribution in [2.24, 2.45) is 0 Å². The summed E-state index contributed by atoms with van der Waals surface area (Å²) in [4.78, 5) is 27.6. The maximum atomic E-state index is 13.5. The van der Waals surface area contributed by atoms with Crippen LogP contribution in [0.2, 0.25) is 5.02 Å². The van der Waals surface area contributed by atoms with E-state index in [2.05, 4.69) is 5.32 Å². The van der Waals surface area contributed by atoms with Crippen LogP contribution in [-0.4, -0.2) is 57.6 Å². The van der Waals surface area contributed by atoms with Crippen molar-refractivity contribution in [3.8, 4) is 5.75 Å². The van der Waals surface area contributed by atoms with E-state index in [4.69, 9.17) is 16.3 Å². The Morgan fingerprint density at radius 3 is 2.33 bits per heavy atom. The van der Waals surface area contributed by atoms with Gasteiger partial charge in [0.25, 0.3) is 0 Å². The van der Waals surface area contributed by atoms with Gasteiger partial charge >= 0.3 is 0 Å².